The third-order valence-corrected chi connectivity index (χ3v) is 5.22. The van der Waals surface area contributed by atoms with Crippen LogP contribution >= 0.6 is 0 Å². The van der Waals surface area contributed by atoms with Crippen LogP contribution in [0.2, 0.25) is 0 Å². The number of benzene rings is 2. The Hall–Kier alpha value is -2.75. The molecule has 0 heterocycles. The second kappa shape index (κ2) is 9.98. The molecule has 2 aromatic rings. The first kappa shape index (κ1) is 20.0. The second-order valence-electron chi connectivity index (χ2n) is 7.16. The van der Waals surface area contributed by atoms with Crippen molar-refractivity contribution >= 4 is 12.0 Å². The Kier molecular flexibility index (Phi) is 7.12. The molecule has 1 aliphatic rings. The monoisotopic (exact) mass is 380 g/mol. The zero-order valence-corrected chi connectivity index (χ0v) is 16.6. The minimum Gasteiger partial charge on any atom is -0.497 e. The van der Waals surface area contributed by atoms with E-state index in [0.717, 1.165) is 34.8 Å². The van der Waals surface area contributed by atoms with Gasteiger partial charge in [0.25, 0.3) is 0 Å². The molecule has 0 saturated heterocycles. The van der Waals surface area contributed by atoms with Gasteiger partial charge in [-0.3, -0.25) is 0 Å². The molecule has 148 valence electrons. The van der Waals surface area contributed by atoms with E-state index < -0.39 is 0 Å². The van der Waals surface area contributed by atoms with Gasteiger partial charge in [-0.05, 0) is 60.2 Å². The Labute approximate surface area is 167 Å². The molecule has 0 unspecified atom stereocenters. The molecule has 0 spiro atoms. The zero-order valence-electron chi connectivity index (χ0n) is 16.6. The highest BCUT2D eigenvalue weighted by Gasteiger charge is 2.15. The Morgan fingerprint density at radius 1 is 1.04 bits per heavy atom. The van der Waals surface area contributed by atoms with Crippen LogP contribution in [0, 0.1) is 5.92 Å². The fraction of sp³-hybridized carbons (Fsp3) is 0.375. The van der Waals surface area contributed by atoms with E-state index >= 15 is 0 Å². The summed E-state index contributed by atoms with van der Waals surface area (Å²) >= 11 is 0. The number of ether oxygens (including phenoxy) is 3. The number of rotatable bonds is 7. The SMILES string of the molecule is COC(=O)C=Cc1ccc(OCC2CCCCC2)c(-c2ccc(OC)cc2)c1. The number of hydrogen-bond donors (Lipinski definition) is 0. The van der Waals surface area contributed by atoms with Crippen LogP contribution in [0.5, 0.6) is 11.5 Å². The highest BCUT2D eigenvalue weighted by atomic mass is 16.5. The minimum absolute atomic E-state index is 0.372. The molecule has 0 aliphatic heterocycles. The van der Waals surface area contributed by atoms with Crippen LogP contribution in [-0.2, 0) is 9.53 Å². The number of hydrogen-bond acceptors (Lipinski definition) is 4. The van der Waals surface area contributed by atoms with Gasteiger partial charge in [-0.1, -0.05) is 37.5 Å². The lowest BCUT2D eigenvalue weighted by Crippen LogP contribution is -2.15. The van der Waals surface area contributed by atoms with Crippen LogP contribution in [0.15, 0.2) is 48.5 Å². The lowest BCUT2D eigenvalue weighted by atomic mass is 9.90. The fourth-order valence-corrected chi connectivity index (χ4v) is 3.57. The molecule has 2 aromatic carbocycles. The zero-order chi connectivity index (χ0) is 19.8. The van der Waals surface area contributed by atoms with Crippen molar-refractivity contribution in [1.29, 1.82) is 0 Å². The highest BCUT2D eigenvalue weighted by Crippen LogP contribution is 2.34. The molecular formula is C24H28O4. The molecule has 0 atom stereocenters. The Balaban J connectivity index is 1.85. The molecule has 28 heavy (non-hydrogen) atoms. The van der Waals surface area contributed by atoms with Crippen molar-refractivity contribution in [2.75, 3.05) is 20.8 Å². The van der Waals surface area contributed by atoms with Gasteiger partial charge in [0.1, 0.15) is 11.5 Å². The van der Waals surface area contributed by atoms with Crippen molar-refractivity contribution in [2.24, 2.45) is 5.92 Å². The van der Waals surface area contributed by atoms with Gasteiger partial charge in [0.05, 0.1) is 20.8 Å². The molecule has 0 amide bonds. The van der Waals surface area contributed by atoms with Gasteiger partial charge in [-0.2, -0.15) is 0 Å². The number of esters is 1. The van der Waals surface area contributed by atoms with Crippen molar-refractivity contribution in [3.05, 3.63) is 54.1 Å². The van der Waals surface area contributed by atoms with E-state index in [2.05, 4.69) is 4.74 Å². The average Bonchev–Trinajstić information content (AvgIpc) is 2.77. The molecule has 1 saturated carbocycles. The standard InChI is InChI=1S/C24H28O4/c1-26-21-12-10-20(11-13-21)22-16-18(9-15-24(25)27-2)8-14-23(22)28-17-19-6-4-3-5-7-19/h8-16,19H,3-7,17H2,1-2H3. The van der Waals surface area contributed by atoms with Crippen molar-refractivity contribution in [3.63, 3.8) is 0 Å². The highest BCUT2D eigenvalue weighted by molar-refractivity contribution is 5.87. The summed E-state index contributed by atoms with van der Waals surface area (Å²) < 4.78 is 16.2. The number of methoxy groups -OCH3 is 2. The quantitative estimate of drug-likeness (QED) is 0.469. The molecule has 0 radical (unpaired) electrons. The van der Waals surface area contributed by atoms with Crippen LogP contribution in [0.3, 0.4) is 0 Å². The van der Waals surface area contributed by atoms with Gasteiger partial charge < -0.3 is 14.2 Å². The summed E-state index contributed by atoms with van der Waals surface area (Å²) in [7, 11) is 3.03. The van der Waals surface area contributed by atoms with Gasteiger partial charge in [0, 0.05) is 11.6 Å². The summed E-state index contributed by atoms with van der Waals surface area (Å²) in [4.78, 5) is 11.4. The summed E-state index contributed by atoms with van der Waals surface area (Å²) in [6.07, 6.45) is 9.62. The third-order valence-electron chi connectivity index (χ3n) is 5.22. The van der Waals surface area contributed by atoms with Crippen LogP contribution in [0.1, 0.15) is 37.7 Å². The molecule has 0 aromatic heterocycles. The smallest absolute Gasteiger partial charge is 0.330 e. The molecular weight excluding hydrogens is 352 g/mol. The van der Waals surface area contributed by atoms with Crippen molar-refractivity contribution in [1.82, 2.24) is 0 Å². The minimum atomic E-state index is -0.372. The summed E-state index contributed by atoms with van der Waals surface area (Å²) in [5.41, 5.74) is 2.97. The molecule has 3 rings (SSSR count). The average molecular weight is 380 g/mol. The Morgan fingerprint density at radius 3 is 2.46 bits per heavy atom. The summed E-state index contributed by atoms with van der Waals surface area (Å²) in [5.74, 6) is 1.95. The summed E-state index contributed by atoms with van der Waals surface area (Å²) in [5, 5.41) is 0. The van der Waals surface area contributed by atoms with Crippen LogP contribution in [-0.4, -0.2) is 26.8 Å². The van der Waals surface area contributed by atoms with E-state index in [1.807, 2.05) is 42.5 Å². The lowest BCUT2D eigenvalue weighted by Gasteiger charge is -2.22. The summed E-state index contributed by atoms with van der Waals surface area (Å²) in [6, 6.07) is 13.9. The Bertz CT molecular complexity index is 802. The first-order chi connectivity index (χ1) is 13.7. The molecule has 4 heteroatoms. The molecule has 0 bridgehead atoms. The van der Waals surface area contributed by atoms with Crippen LogP contribution in [0.4, 0.5) is 0 Å². The number of carbonyl (C=O) groups excluding carboxylic acids is 1. The normalized spacial score (nSPS) is 14.8. The third kappa shape index (κ3) is 5.38. The Morgan fingerprint density at radius 2 is 1.79 bits per heavy atom. The first-order valence-electron chi connectivity index (χ1n) is 9.87. The van der Waals surface area contributed by atoms with Crippen molar-refractivity contribution in [2.45, 2.75) is 32.1 Å². The largest absolute Gasteiger partial charge is 0.497 e. The van der Waals surface area contributed by atoms with Crippen molar-refractivity contribution < 1.29 is 19.0 Å². The van der Waals surface area contributed by atoms with Gasteiger partial charge in [0.15, 0.2) is 0 Å². The van der Waals surface area contributed by atoms with E-state index in [1.54, 1.807) is 13.2 Å². The van der Waals surface area contributed by atoms with Gasteiger partial charge in [-0.15, -0.1) is 0 Å². The predicted octanol–water partition coefficient (Wildman–Crippen LogP) is 5.51. The predicted molar refractivity (Wildman–Crippen MR) is 112 cm³/mol. The second-order valence-corrected chi connectivity index (χ2v) is 7.16. The molecule has 0 N–H and O–H groups in total. The van der Waals surface area contributed by atoms with Crippen molar-refractivity contribution in [3.8, 4) is 22.6 Å². The van der Waals surface area contributed by atoms with Gasteiger partial charge in [0.2, 0.25) is 0 Å². The summed E-state index contributed by atoms with van der Waals surface area (Å²) in [6.45, 7) is 0.750. The van der Waals surface area contributed by atoms with E-state index in [9.17, 15) is 4.79 Å². The lowest BCUT2D eigenvalue weighted by molar-refractivity contribution is -0.134. The van der Waals surface area contributed by atoms with E-state index in [4.69, 9.17) is 9.47 Å². The van der Waals surface area contributed by atoms with E-state index in [1.165, 1.54) is 45.3 Å². The molecule has 1 fully saturated rings. The molecule has 4 nitrogen and oxygen atoms in total. The fourth-order valence-electron chi connectivity index (χ4n) is 3.57. The first-order valence-corrected chi connectivity index (χ1v) is 9.87. The van der Waals surface area contributed by atoms with Gasteiger partial charge in [-0.25, -0.2) is 4.79 Å². The number of carbonyl (C=O) groups is 1. The van der Waals surface area contributed by atoms with E-state index in [-0.39, 0.29) is 5.97 Å². The van der Waals surface area contributed by atoms with Crippen LogP contribution in [0.25, 0.3) is 17.2 Å². The van der Waals surface area contributed by atoms with Gasteiger partial charge >= 0.3 is 5.97 Å². The molecule has 1 aliphatic carbocycles. The maximum Gasteiger partial charge on any atom is 0.330 e. The maximum atomic E-state index is 11.4. The maximum absolute atomic E-state index is 11.4. The topological polar surface area (TPSA) is 44.8 Å². The van der Waals surface area contributed by atoms with Crippen LogP contribution < -0.4 is 9.47 Å². The van der Waals surface area contributed by atoms with E-state index in [0.29, 0.717) is 5.92 Å².